The topological polar surface area (TPSA) is 43.9 Å². The highest BCUT2D eigenvalue weighted by Crippen LogP contribution is 2.36. The number of nitrogens with zero attached hydrogens (tertiary/aromatic N) is 3. The van der Waals surface area contributed by atoms with E-state index < -0.39 is 0 Å². The lowest BCUT2D eigenvalue weighted by Gasteiger charge is -2.36. The van der Waals surface area contributed by atoms with Crippen LogP contribution in [0.3, 0.4) is 0 Å². The Kier molecular flexibility index (Phi) is 5.87. The summed E-state index contributed by atoms with van der Waals surface area (Å²) in [5.74, 6) is -0.648. The number of likely N-dealkylation sites (N-methyl/N-ethyl adjacent to an activating group) is 1. The van der Waals surface area contributed by atoms with Crippen molar-refractivity contribution in [1.82, 2.24) is 9.80 Å². The van der Waals surface area contributed by atoms with Gasteiger partial charge in [0.1, 0.15) is 5.70 Å². The zero-order valence-electron chi connectivity index (χ0n) is 17.0. The number of benzene rings is 2. The van der Waals surface area contributed by atoms with Crippen molar-refractivity contribution >= 4 is 46.3 Å². The van der Waals surface area contributed by atoms with Crippen molar-refractivity contribution in [2.24, 2.45) is 0 Å². The van der Waals surface area contributed by atoms with E-state index in [4.69, 9.17) is 23.2 Å². The Morgan fingerprint density at radius 1 is 0.900 bits per heavy atom. The van der Waals surface area contributed by atoms with Crippen LogP contribution in [0.2, 0.25) is 10.0 Å². The molecule has 0 saturated carbocycles. The van der Waals surface area contributed by atoms with Gasteiger partial charge < -0.3 is 9.80 Å². The van der Waals surface area contributed by atoms with Crippen molar-refractivity contribution in [3.8, 4) is 0 Å². The van der Waals surface area contributed by atoms with E-state index in [1.807, 2.05) is 17.9 Å². The predicted octanol–water partition coefficient (Wildman–Crippen LogP) is 4.22. The van der Waals surface area contributed by atoms with E-state index in [-0.39, 0.29) is 11.8 Å². The van der Waals surface area contributed by atoms with Gasteiger partial charge in [0.05, 0.1) is 11.3 Å². The molecule has 1 saturated heterocycles. The molecule has 4 rings (SSSR count). The lowest BCUT2D eigenvalue weighted by atomic mass is 10.0. The van der Waals surface area contributed by atoms with Crippen LogP contribution in [0.4, 0.5) is 5.69 Å². The smallest absolute Gasteiger partial charge is 0.282 e. The van der Waals surface area contributed by atoms with E-state index in [2.05, 4.69) is 11.8 Å². The maximum atomic E-state index is 13.5. The summed E-state index contributed by atoms with van der Waals surface area (Å²) in [6, 6.07) is 12.3. The summed E-state index contributed by atoms with van der Waals surface area (Å²) in [6.07, 6.45) is 0. The summed E-state index contributed by atoms with van der Waals surface area (Å²) < 4.78 is 0. The Bertz CT molecular complexity index is 1030. The van der Waals surface area contributed by atoms with Gasteiger partial charge in [-0.25, -0.2) is 4.90 Å². The van der Waals surface area contributed by atoms with Crippen LogP contribution in [-0.2, 0) is 9.59 Å². The van der Waals surface area contributed by atoms with Crippen LogP contribution in [0, 0.1) is 6.92 Å². The summed E-state index contributed by atoms with van der Waals surface area (Å²) in [5.41, 5.74) is 2.93. The van der Waals surface area contributed by atoms with Gasteiger partial charge in [-0.05, 0) is 48.9 Å². The van der Waals surface area contributed by atoms with Crippen molar-refractivity contribution in [2.45, 2.75) is 13.8 Å². The minimum Gasteiger partial charge on any atom is -0.364 e. The molecule has 0 aliphatic carbocycles. The summed E-state index contributed by atoms with van der Waals surface area (Å²) >= 11 is 12.3. The third-order valence-electron chi connectivity index (χ3n) is 5.74. The van der Waals surface area contributed by atoms with Gasteiger partial charge in [0.15, 0.2) is 0 Å². The van der Waals surface area contributed by atoms with Crippen LogP contribution in [0.25, 0.3) is 5.57 Å². The van der Waals surface area contributed by atoms with Crippen LogP contribution in [0.1, 0.15) is 18.1 Å². The molecule has 0 spiro atoms. The van der Waals surface area contributed by atoms with Crippen LogP contribution < -0.4 is 4.90 Å². The second-order valence-corrected chi connectivity index (χ2v) is 8.37. The fourth-order valence-corrected chi connectivity index (χ4v) is 4.23. The second kappa shape index (κ2) is 8.42. The van der Waals surface area contributed by atoms with Gasteiger partial charge in [-0.3, -0.25) is 9.59 Å². The number of hydrogen-bond acceptors (Lipinski definition) is 4. The minimum absolute atomic E-state index is 0.310. The largest absolute Gasteiger partial charge is 0.364 e. The third-order valence-corrected chi connectivity index (χ3v) is 6.40. The van der Waals surface area contributed by atoms with Gasteiger partial charge >= 0.3 is 0 Å². The maximum absolute atomic E-state index is 13.5. The normalized spacial score (nSPS) is 18.0. The lowest BCUT2D eigenvalue weighted by Crippen LogP contribution is -2.47. The van der Waals surface area contributed by atoms with Gasteiger partial charge in [-0.1, -0.05) is 48.3 Å². The highest BCUT2D eigenvalue weighted by atomic mass is 35.5. The van der Waals surface area contributed by atoms with E-state index in [1.165, 1.54) is 4.90 Å². The zero-order chi connectivity index (χ0) is 21.4. The molecule has 156 valence electrons. The first-order valence-corrected chi connectivity index (χ1v) is 10.8. The Hall–Kier alpha value is -2.34. The molecule has 7 heteroatoms. The summed E-state index contributed by atoms with van der Waals surface area (Å²) in [6.45, 7) is 8.08. The number of anilines is 1. The molecule has 0 unspecified atom stereocenters. The molecule has 2 heterocycles. The predicted molar refractivity (Wildman–Crippen MR) is 121 cm³/mol. The van der Waals surface area contributed by atoms with Gasteiger partial charge in [0.25, 0.3) is 11.8 Å². The first kappa shape index (κ1) is 20.9. The second-order valence-electron chi connectivity index (χ2n) is 7.53. The summed E-state index contributed by atoms with van der Waals surface area (Å²) in [5, 5.41) is 1.10. The Balaban J connectivity index is 1.78. The Morgan fingerprint density at radius 2 is 1.57 bits per heavy atom. The number of amides is 2. The molecule has 0 bridgehead atoms. The van der Waals surface area contributed by atoms with Crippen LogP contribution >= 0.6 is 23.2 Å². The van der Waals surface area contributed by atoms with Crippen molar-refractivity contribution in [1.29, 1.82) is 0 Å². The number of carbonyl (C=O) groups is 2. The average Bonchev–Trinajstić information content (AvgIpc) is 3.01. The van der Waals surface area contributed by atoms with Crippen LogP contribution in [-0.4, -0.2) is 54.3 Å². The van der Waals surface area contributed by atoms with Gasteiger partial charge in [-0.2, -0.15) is 0 Å². The Morgan fingerprint density at radius 3 is 2.17 bits per heavy atom. The molecule has 0 atom stereocenters. The van der Waals surface area contributed by atoms with Crippen molar-refractivity contribution in [2.75, 3.05) is 37.6 Å². The fourth-order valence-electron chi connectivity index (χ4n) is 3.93. The molecule has 0 radical (unpaired) electrons. The summed E-state index contributed by atoms with van der Waals surface area (Å²) in [7, 11) is 0. The number of aryl methyl sites for hydroxylation is 1. The highest BCUT2D eigenvalue weighted by molar-refractivity contribution is 6.45. The molecule has 0 N–H and O–H groups in total. The SMILES string of the molecule is CCN1CCN(C2=C(c3ccc(Cl)cc3)C(=O)N(c3ccc(C)c(Cl)c3)C2=O)CC1. The Labute approximate surface area is 186 Å². The number of piperazine rings is 1. The molecule has 2 aromatic rings. The van der Waals surface area contributed by atoms with Gasteiger partial charge in [-0.15, -0.1) is 0 Å². The first-order valence-electron chi connectivity index (χ1n) is 10.0. The molecule has 0 aromatic heterocycles. The zero-order valence-corrected chi connectivity index (χ0v) is 18.5. The number of halogens is 2. The molecule has 30 heavy (non-hydrogen) atoms. The van der Waals surface area contributed by atoms with Crippen molar-refractivity contribution in [3.05, 3.63) is 69.3 Å². The van der Waals surface area contributed by atoms with E-state index in [0.717, 1.165) is 25.2 Å². The van der Waals surface area contributed by atoms with Crippen molar-refractivity contribution in [3.63, 3.8) is 0 Å². The van der Waals surface area contributed by atoms with E-state index >= 15 is 0 Å². The molecule has 5 nitrogen and oxygen atoms in total. The number of hydrogen-bond donors (Lipinski definition) is 0. The van der Waals surface area contributed by atoms with E-state index in [1.54, 1.807) is 36.4 Å². The highest BCUT2D eigenvalue weighted by Gasteiger charge is 2.43. The molecular formula is C23H23Cl2N3O2. The monoisotopic (exact) mass is 443 g/mol. The lowest BCUT2D eigenvalue weighted by molar-refractivity contribution is -0.120. The fraction of sp³-hybridized carbons (Fsp3) is 0.304. The molecule has 2 aromatic carbocycles. The standard InChI is InChI=1S/C23H23Cl2N3O2/c1-3-26-10-12-27(13-11-26)21-20(16-5-7-17(24)8-6-16)22(29)28(23(21)30)18-9-4-15(2)19(25)14-18/h4-9,14H,3,10-13H2,1-2H3. The van der Waals surface area contributed by atoms with E-state index in [0.29, 0.717) is 45.7 Å². The van der Waals surface area contributed by atoms with Crippen LogP contribution in [0.5, 0.6) is 0 Å². The van der Waals surface area contributed by atoms with E-state index in [9.17, 15) is 9.59 Å². The number of imide groups is 1. The first-order chi connectivity index (χ1) is 14.4. The molecule has 1 fully saturated rings. The van der Waals surface area contributed by atoms with Crippen molar-refractivity contribution < 1.29 is 9.59 Å². The summed E-state index contributed by atoms with van der Waals surface area (Å²) in [4.78, 5) is 32.6. The maximum Gasteiger partial charge on any atom is 0.282 e. The number of carbonyl (C=O) groups excluding carboxylic acids is 2. The molecule has 2 aliphatic heterocycles. The van der Waals surface area contributed by atoms with Crippen LogP contribution in [0.15, 0.2) is 48.2 Å². The molecule has 2 amide bonds. The molecular weight excluding hydrogens is 421 g/mol. The molecule has 2 aliphatic rings. The third kappa shape index (κ3) is 3.73. The average molecular weight is 444 g/mol. The van der Waals surface area contributed by atoms with Gasteiger partial charge in [0, 0.05) is 36.2 Å². The quantitative estimate of drug-likeness (QED) is 0.663. The van der Waals surface area contributed by atoms with Gasteiger partial charge in [0.2, 0.25) is 0 Å². The minimum atomic E-state index is -0.338. The number of rotatable bonds is 4.